The Balaban J connectivity index is 1.73. The van der Waals surface area contributed by atoms with E-state index in [0.29, 0.717) is 18.7 Å². The molecule has 1 amide bonds. The van der Waals surface area contributed by atoms with Crippen molar-refractivity contribution in [1.29, 1.82) is 0 Å². The Labute approximate surface area is 140 Å². The molecule has 1 fully saturated rings. The number of rotatable bonds is 3. The standard InChI is InChI=1S/C17H23N5O2/c1-12(2)22-15(19-20(3)17(22)24)13-6-10-21(11-7-13)16(23)14-4-8-18-9-5-14/h4-5,8-9,12-13H,6-7,10-11H2,1-3H3. The summed E-state index contributed by atoms with van der Waals surface area (Å²) >= 11 is 0. The molecular formula is C17H23N5O2. The number of aryl methyl sites for hydroxylation is 1. The number of hydrogen-bond acceptors (Lipinski definition) is 4. The molecule has 0 radical (unpaired) electrons. The summed E-state index contributed by atoms with van der Waals surface area (Å²) in [6, 6.07) is 3.56. The number of carbonyl (C=O) groups excluding carboxylic acids is 1. The summed E-state index contributed by atoms with van der Waals surface area (Å²) in [4.78, 5) is 30.5. The summed E-state index contributed by atoms with van der Waals surface area (Å²) in [6.45, 7) is 5.34. The molecule has 0 aromatic carbocycles. The minimum absolute atomic E-state index is 0.0399. The molecule has 0 aliphatic carbocycles. The lowest BCUT2D eigenvalue weighted by molar-refractivity contribution is 0.0709. The number of pyridine rings is 1. The van der Waals surface area contributed by atoms with Crippen LogP contribution in [0.2, 0.25) is 0 Å². The third kappa shape index (κ3) is 2.98. The zero-order valence-corrected chi connectivity index (χ0v) is 14.3. The van der Waals surface area contributed by atoms with Crippen LogP contribution >= 0.6 is 0 Å². The fraction of sp³-hybridized carbons (Fsp3) is 0.529. The van der Waals surface area contributed by atoms with Crippen molar-refractivity contribution >= 4 is 5.91 Å². The first-order valence-corrected chi connectivity index (χ1v) is 8.33. The molecule has 1 aliphatic heterocycles. The summed E-state index contributed by atoms with van der Waals surface area (Å²) in [5, 5.41) is 4.44. The van der Waals surface area contributed by atoms with Gasteiger partial charge in [-0.25, -0.2) is 9.48 Å². The summed E-state index contributed by atoms with van der Waals surface area (Å²) in [6.07, 6.45) is 4.91. The molecule has 3 rings (SSSR count). The number of aromatic nitrogens is 4. The Morgan fingerprint density at radius 2 is 1.83 bits per heavy atom. The van der Waals surface area contributed by atoms with Crippen LogP contribution in [0.15, 0.2) is 29.3 Å². The lowest BCUT2D eigenvalue weighted by Crippen LogP contribution is -2.38. The molecule has 1 aliphatic rings. The Morgan fingerprint density at radius 1 is 1.21 bits per heavy atom. The summed E-state index contributed by atoms with van der Waals surface area (Å²) in [5.74, 6) is 1.09. The third-order valence-electron chi connectivity index (χ3n) is 4.57. The molecule has 2 aromatic heterocycles. The second-order valence-corrected chi connectivity index (χ2v) is 6.53. The molecule has 0 bridgehead atoms. The number of likely N-dealkylation sites (tertiary alicyclic amines) is 1. The Hall–Kier alpha value is -2.44. The normalized spacial score (nSPS) is 15.9. The van der Waals surface area contributed by atoms with Gasteiger partial charge in [-0.1, -0.05) is 0 Å². The van der Waals surface area contributed by atoms with Crippen molar-refractivity contribution in [3.05, 3.63) is 46.4 Å². The number of carbonyl (C=O) groups is 1. The highest BCUT2D eigenvalue weighted by Gasteiger charge is 2.29. The van der Waals surface area contributed by atoms with Gasteiger partial charge in [-0.05, 0) is 38.8 Å². The molecule has 0 atom stereocenters. The molecule has 2 aromatic rings. The topological polar surface area (TPSA) is 73.0 Å². The van der Waals surface area contributed by atoms with Crippen molar-refractivity contribution in [2.45, 2.75) is 38.6 Å². The van der Waals surface area contributed by atoms with Crippen LogP contribution in [0.5, 0.6) is 0 Å². The van der Waals surface area contributed by atoms with E-state index in [0.717, 1.165) is 18.7 Å². The minimum atomic E-state index is -0.0738. The number of hydrogen-bond donors (Lipinski definition) is 0. The first kappa shape index (κ1) is 16.4. The van der Waals surface area contributed by atoms with Crippen molar-refractivity contribution in [2.24, 2.45) is 7.05 Å². The van der Waals surface area contributed by atoms with Crippen molar-refractivity contribution in [3.63, 3.8) is 0 Å². The van der Waals surface area contributed by atoms with E-state index in [2.05, 4.69) is 10.1 Å². The van der Waals surface area contributed by atoms with Crippen LogP contribution in [0.25, 0.3) is 0 Å². The summed E-state index contributed by atoms with van der Waals surface area (Å²) in [7, 11) is 1.69. The van der Waals surface area contributed by atoms with Crippen molar-refractivity contribution in [2.75, 3.05) is 13.1 Å². The van der Waals surface area contributed by atoms with E-state index in [4.69, 9.17) is 0 Å². The Morgan fingerprint density at radius 3 is 2.42 bits per heavy atom. The monoisotopic (exact) mass is 329 g/mol. The van der Waals surface area contributed by atoms with Gasteiger partial charge in [0.2, 0.25) is 0 Å². The number of piperidine rings is 1. The van der Waals surface area contributed by atoms with Gasteiger partial charge in [0.25, 0.3) is 5.91 Å². The van der Waals surface area contributed by atoms with Gasteiger partial charge in [0.05, 0.1) is 0 Å². The lowest BCUT2D eigenvalue weighted by Gasteiger charge is -2.32. The smallest absolute Gasteiger partial charge is 0.339 e. The maximum Gasteiger partial charge on any atom is 0.345 e. The average molecular weight is 329 g/mol. The molecule has 0 unspecified atom stereocenters. The van der Waals surface area contributed by atoms with Crippen LogP contribution in [0.3, 0.4) is 0 Å². The van der Waals surface area contributed by atoms with Crippen LogP contribution < -0.4 is 5.69 Å². The van der Waals surface area contributed by atoms with Gasteiger partial charge < -0.3 is 4.90 Å². The molecule has 7 nitrogen and oxygen atoms in total. The fourth-order valence-corrected chi connectivity index (χ4v) is 3.28. The van der Waals surface area contributed by atoms with Gasteiger partial charge in [0, 0.05) is 50.1 Å². The van der Waals surface area contributed by atoms with Gasteiger partial charge in [0.1, 0.15) is 5.82 Å². The van der Waals surface area contributed by atoms with Crippen LogP contribution in [0, 0.1) is 0 Å². The van der Waals surface area contributed by atoms with Gasteiger partial charge in [-0.3, -0.25) is 14.3 Å². The molecule has 7 heteroatoms. The highest BCUT2D eigenvalue weighted by molar-refractivity contribution is 5.94. The number of amides is 1. The van der Waals surface area contributed by atoms with Crippen LogP contribution in [0.4, 0.5) is 0 Å². The van der Waals surface area contributed by atoms with E-state index in [9.17, 15) is 9.59 Å². The first-order valence-electron chi connectivity index (χ1n) is 8.33. The summed E-state index contributed by atoms with van der Waals surface area (Å²) in [5.41, 5.74) is 0.593. The van der Waals surface area contributed by atoms with Crippen LogP contribution in [-0.2, 0) is 7.05 Å². The largest absolute Gasteiger partial charge is 0.345 e. The van der Waals surface area contributed by atoms with Crippen LogP contribution in [0.1, 0.15) is 54.8 Å². The molecule has 1 saturated heterocycles. The molecule has 24 heavy (non-hydrogen) atoms. The highest BCUT2D eigenvalue weighted by atomic mass is 16.2. The third-order valence-corrected chi connectivity index (χ3v) is 4.57. The first-order chi connectivity index (χ1) is 11.5. The van der Waals surface area contributed by atoms with Crippen molar-refractivity contribution in [1.82, 2.24) is 24.2 Å². The predicted octanol–water partition coefficient (Wildman–Crippen LogP) is 1.58. The van der Waals surface area contributed by atoms with Crippen LogP contribution in [-0.4, -0.2) is 43.2 Å². The zero-order valence-electron chi connectivity index (χ0n) is 14.3. The van der Waals surface area contributed by atoms with Gasteiger partial charge in [0.15, 0.2) is 0 Å². The fourth-order valence-electron chi connectivity index (χ4n) is 3.28. The van der Waals surface area contributed by atoms with E-state index >= 15 is 0 Å². The maximum atomic E-state index is 12.5. The molecule has 0 saturated carbocycles. The van der Waals surface area contributed by atoms with Gasteiger partial charge >= 0.3 is 5.69 Å². The lowest BCUT2D eigenvalue weighted by atomic mass is 9.95. The molecule has 3 heterocycles. The quantitative estimate of drug-likeness (QED) is 0.857. The van der Waals surface area contributed by atoms with Crippen molar-refractivity contribution < 1.29 is 4.79 Å². The summed E-state index contributed by atoms with van der Waals surface area (Å²) < 4.78 is 3.18. The Kier molecular flexibility index (Phi) is 4.51. The van der Waals surface area contributed by atoms with Crippen molar-refractivity contribution in [3.8, 4) is 0 Å². The van der Waals surface area contributed by atoms with E-state index in [1.165, 1.54) is 4.68 Å². The number of nitrogens with zero attached hydrogens (tertiary/aromatic N) is 5. The van der Waals surface area contributed by atoms with E-state index < -0.39 is 0 Å². The SMILES string of the molecule is CC(C)n1c(C2CCN(C(=O)c3ccncc3)CC2)nn(C)c1=O. The average Bonchev–Trinajstić information content (AvgIpc) is 2.90. The minimum Gasteiger partial charge on any atom is -0.339 e. The zero-order chi connectivity index (χ0) is 17.3. The molecule has 0 N–H and O–H groups in total. The molecule has 0 spiro atoms. The second-order valence-electron chi connectivity index (χ2n) is 6.53. The van der Waals surface area contributed by atoms with E-state index in [-0.39, 0.29) is 23.6 Å². The predicted molar refractivity (Wildman–Crippen MR) is 90.0 cm³/mol. The van der Waals surface area contributed by atoms with Gasteiger partial charge in [-0.15, -0.1) is 0 Å². The van der Waals surface area contributed by atoms with Gasteiger partial charge in [-0.2, -0.15) is 5.10 Å². The molecular weight excluding hydrogens is 306 g/mol. The maximum absolute atomic E-state index is 12.5. The van der Waals surface area contributed by atoms with E-state index in [1.54, 1.807) is 36.1 Å². The highest BCUT2D eigenvalue weighted by Crippen LogP contribution is 2.28. The Bertz CT molecular complexity index is 770. The van der Waals surface area contributed by atoms with E-state index in [1.807, 2.05) is 18.7 Å². The second kappa shape index (κ2) is 6.59. The molecule has 128 valence electrons.